The van der Waals surface area contributed by atoms with Crippen LogP contribution in [0, 0.1) is 11.3 Å². The molecule has 246 valence electrons. The van der Waals surface area contributed by atoms with Crippen molar-refractivity contribution in [3.8, 4) is 11.6 Å². The van der Waals surface area contributed by atoms with Gasteiger partial charge < -0.3 is 34.0 Å². The van der Waals surface area contributed by atoms with Gasteiger partial charge in [0.25, 0.3) is 5.92 Å². The molecule has 1 N–H and O–H groups in total. The van der Waals surface area contributed by atoms with Gasteiger partial charge in [0.15, 0.2) is 5.69 Å². The second-order valence-corrected chi connectivity index (χ2v) is 13.6. The van der Waals surface area contributed by atoms with Gasteiger partial charge in [-0.15, -0.1) is 0 Å². The van der Waals surface area contributed by atoms with Gasteiger partial charge in [0.1, 0.15) is 29.8 Å². The number of ether oxygens (including phenoxy) is 4. The Kier molecular flexibility index (Phi) is 8.96. The Morgan fingerprint density at radius 3 is 2.58 bits per heavy atom. The smallest absolute Gasteiger partial charge is 0.408 e. The number of nitrogens with zero attached hydrogens (tertiary/aromatic N) is 3. The summed E-state index contributed by atoms with van der Waals surface area (Å²) in [6.07, 6.45) is -0.298. The van der Waals surface area contributed by atoms with E-state index in [1.54, 1.807) is 52.8 Å². The predicted octanol–water partition coefficient (Wildman–Crippen LogP) is 4.79. The number of benzene rings is 1. The van der Waals surface area contributed by atoms with Crippen LogP contribution < -0.4 is 14.8 Å². The summed E-state index contributed by atoms with van der Waals surface area (Å²) in [4.78, 5) is 49.7. The Hall–Kier alpha value is -3.61. The lowest BCUT2D eigenvalue weighted by Gasteiger charge is -2.36. The first-order valence-electron chi connectivity index (χ1n) is 15.4. The van der Waals surface area contributed by atoms with Gasteiger partial charge in [0.05, 0.1) is 36.8 Å². The summed E-state index contributed by atoms with van der Waals surface area (Å²) in [5, 5.41) is 2.75. The van der Waals surface area contributed by atoms with E-state index in [0.717, 1.165) is 6.42 Å². The molecule has 1 saturated heterocycles. The Labute approximate surface area is 261 Å². The van der Waals surface area contributed by atoms with E-state index in [4.69, 9.17) is 18.9 Å². The highest BCUT2D eigenvalue weighted by molar-refractivity contribution is 5.89. The SMILES string of the molecule is COc1ccc2nc3c(nc2c1)O[C@H]1CN(C(=O)[C@H](C(C)(C)C)NC(=O)O[C@]2(C)CCC[C@H]2OCCCC3(F)F)[C@H](C=O)[C@@H]1C. The van der Waals surface area contributed by atoms with Crippen molar-refractivity contribution in [3.63, 3.8) is 0 Å². The van der Waals surface area contributed by atoms with Crippen LogP contribution in [-0.2, 0) is 25.0 Å². The topological polar surface area (TPSA) is 129 Å². The van der Waals surface area contributed by atoms with Crippen molar-refractivity contribution >= 4 is 29.3 Å². The molecule has 2 aliphatic heterocycles. The lowest BCUT2D eigenvalue weighted by molar-refractivity contribution is -0.140. The van der Waals surface area contributed by atoms with Crippen molar-refractivity contribution in [2.45, 2.75) is 103 Å². The minimum Gasteiger partial charge on any atom is -0.497 e. The standard InChI is InChI=1S/C32H42F2N4O7/c1-18-22(17-39)38-16-23(18)44-27-25(35-20-11-10-19(42-6)15-21(20)36-27)32(33,34)13-8-14-43-24-9-7-12-31(24,5)45-29(41)37-26(28(38)40)30(2,3)4/h10-11,15,17-18,22-24,26H,7-9,12-14,16H2,1-6H3,(H,37,41)/t18-,22+,23-,24+,26+,31+/m0/s1. The van der Waals surface area contributed by atoms with Crippen LogP contribution in [-0.4, -0.2) is 83.3 Å². The highest BCUT2D eigenvalue weighted by Crippen LogP contribution is 2.41. The van der Waals surface area contributed by atoms with Gasteiger partial charge in [0, 0.05) is 25.0 Å². The van der Waals surface area contributed by atoms with Gasteiger partial charge in [-0.1, -0.05) is 27.7 Å². The van der Waals surface area contributed by atoms with Gasteiger partial charge in [0.2, 0.25) is 11.8 Å². The molecule has 0 spiro atoms. The Balaban J connectivity index is 1.58. The summed E-state index contributed by atoms with van der Waals surface area (Å²) in [6.45, 7) is 8.76. The third-order valence-corrected chi connectivity index (χ3v) is 9.21. The first-order chi connectivity index (χ1) is 21.2. The summed E-state index contributed by atoms with van der Waals surface area (Å²) in [5.41, 5.74) is -1.88. The molecule has 3 aliphatic rings. The maximum atomic E-state index is 16.0. The molecule has 2 amide bonds. The molecule has 13 heteroatoms. The van der Waals surface area contributed by atoms with Crippen molar-refractivity contribution in [2.75, 3.05) is 20.3 Å². The molecule has 2 fully saturated rings. The number of alkyl halides is 2. The number of carbonyl (C=O) groups is 3. The van der Waals surface area contributed by atoms with Gasteiger partial charge in [-0.3, -0.25) is 4.79 Å². The van der Waals surface area contributed by atoms with E-state index in [9.17, 15) is 14.4 Å². The molecule has 5 rings (SSSR count). The number of carbonyl (C=O) groups excluding carboxylic acids is 3. The zero-order chi connectivity index (χ0) is 32.7. The molecule has 6 atom stereocenters. The molecule has 2 bridgehead atoms. The highest BCUT2D eigenvalue weighted by atomic mass is 19.3. The van der Waals surface area contributed by atoms with E-state index in [1.807, 2.05) is 0 Å². The Morgan fingerprint density at radius 1 is 1.13 bits per heavy atom. The minimum atomic E-state index is -3.45. The van der Waals surface area contributed by atoms with E-state index in [1.165, 1.54) is 12.0 Å². The van der Waals surface area contributed by atoms with Gasteiger partial charge in [-0.2, -0.15) is 8.78 Å². The molecule has 1 aromatic heterocycles. The summed E-state index contributed by atoms with van der Waals surface area (Å²) in [7, 11) is 1.48. The third kappa shape index (κ3) is 6.54. The fourth-order valence-electron chi connectivity index (χ4n) is 6.47. The van der Waals surface area contributed by atoms with Crippen molar-refractivity contribution in [1.29, 1.82) is 0 Å². The summed E-state index contributed by atoms with van der Waals surface area (Å²) in [6, 6.07) is 2.74. The van der Waals surface area contributed by atoms with Crippen LogP contribution >= 0.6 is 0 Å². The summed E-state index contributed by atoms with van der Waals surface area (Å²) >= 11 is 0. The summed E-state index contributed by atoms with van der Waals surface area (Å²) < 4.78 is 55.2. The molecule has 0 radical (unpaired) electrons. The van der Waals surface area contributed by atoms with Crippen molar-refractivity contribution < 1.29 is 42.1 Å². The van der Waals surface area contributed by atoms with E-state index in [2.05, 4.69) is 15.3 Å². The van der Waals surface area contributed by atoms with E-state index in [0.29, 0.717) is 24.9 Å². The van der Waals surface area contributed by atoms with Crippen LogP contribution in [0.4, 0.5) is 13.6 Å². The molecule has 45 heavy (non-hydrogen) atoms. The van der Waals surface area contributed by atoms with E-state index < -0.39 is 71.3 Å². The Bertz CT molecular complexity index is 1450. The number of amides is 2. The minimum absolute atomic E-state index is 0.00499. The number of aromatic nitrogens is 2. The van der Waals surface area contributed by atoms with Gasteiger partial charge in [-0.05, 0) is 50.2 Å². The maximum absolute atomic E-state index is 16.0. The fourth-order valence-corrected chi connectivity index (χ4v) is 6.47. The number of aldehydes is 1. The molecular weight excluding hydrogens is 590 g/mol. The lowest BCUT2D eigenvalue weighted by atomic mass is 9.85. The third-order valence-electron chi connectivity index (χ3n) is 9.21. The number of halogens is 2. The first-order valence-corrected chi connectivity index (χ1v) is 15.4. The van der Waals surface area contributed by atoms with Crippen LogP contribution in [0.2, 0.25) is 0 Å². The second kappa shape index (κ2) is 12.3. The predicted molar refractivity (Wildman–Crippen MR) is 159 cm³/mol. The normalized spacial score (nSPS) is 31.1. The molecule has 1 aliphatic carbocycles. The lowest BCUT2D eigenvalue weighted by Crippen LogP contribution is -2.57. The number of rotatable bonds is 2. The van der Waals surface area contributed by atoms with E-state index >= 15 is 8.78 Å². The number of fused-ring (bicyclic) bond motifs is 5. The fraction of sp³-hybridized carbons (Fsp3) is 0.656. The molecular formula is C32H42F2N4O7. The molecule has 1 saturated carbocycles. The number of methoxy groups -OCH3 is 1. The average Bonchev–Trinajstić information content (AvgIpc) is 3.49. The molecule has 1 aromatic carbocycles. The quantitative estimate of drug-likeness (QED) is 0.465. The summed E-state index contributed by atoms with van der Waals surface area (Å²) in [5.74, 6) is -4.46. The van der Waals surface area contributed by atoms with Crippen molar-refractivity contribution in [2.24, 2.45) is 11.3 Å². The number of alkyl carbamates (subject to hydrolysis) is 1. The Morgan fingerprint density at radius 2 is 1.89 bits per heavy atom. The monoisotopic (exact) mass is 632 g/mol. The molecule has 3 heterocycles. The number of hydrogen-bond donors (Lipinski definition) is 1. The molecule has 2 aromatic rings. The van der Waals surface area contributed by atoms with Gasteiger partial charge in [-0.25, -0.2) is 14.8 Å². The van der Waals surface area contributed by atoms with Crippen LogP contribution in [0.15, 0.2) is 18.2 Å². The zero-order valence-corrected chi connectivity index (χ0v) is 26.6. The maximum Gasteiger partial charge on any atom is 0.408 e. The molecule has 0 unspecified atom stereocenters. The van der Waals surface area contributed by atoms with Crippen molar-refractivity contribution in [3.05, 3.63) is 23.9 Å². The van der Waals surface area contributed by atoms with Gasteiger partial charge >= 0.3 is 6.09 Å². The van der Waals surface area contributed by atoms with Crippen LogP contribution in [0.3, 0.4) is 0 Å². The molecule has 11 nitrogen and oxygen atoms in total. The zero-order valence-electron chi connectivity index (χ0n) is 26.6. The van der Waals surface area contributed by atoms with Crippen LogP contribution in [0.25, 0.3) is 11.0 Å². The highest BCUT2D eigenvalue weighted by Gasteiger charge is 2.49. The largest absolute Gasteiger partial charge is 0.497 e. The average molecular weight is 633 g/mol. The van der Waals surface area contributed by atoms with Crippen LogP contribution in [0.1, 0.15) is 72.4 Å². The number of nitrogens with one attached hydrogen (secondary N) is 1. The van der Waals surface area contributed by atoms with Crippen LogP contribution in [0.5, 0.6) is 11.6 Å². The second-order valence-electron chi connectivity index (χ2n) is 13.6. The number of hydrogen-bond acceptors (Lipinski definition) is 9. The van der Waals surface area contributed by atoms with E-state index in [-0.39, 0.29) is 36.5 Å². The first kappa shape index (κ1) is 32.8. The van der Waals surface area contributed by atoms with Crippen molar-refractivity contribution in [1.82, 2.24) is 20.2 Å².